The number of rotatable bonds is 5. The van der Waals surface area contributed by atoms with Crippen LogP contribution in [0.1, 0.15) is 17.5 Å². The maximum atomic E-state index is 14.1. The van der Waals surface area contributed by atoms with Crippen LogP contribution in [-0.4, -0.2) is 88.7 Å². The van der Waals surface area contributed by atoms with E-state index in [0.29, 0.717) is 16.9 Å². The molecule has 1 saturated carbocycles. The number of carbonyl (C=O) groups is 4. The summed E-state index contributed by atoms with van der Waals surface area (Å²) in [7, 11) is 6.55. The molecule has 0 radical (unpaired) electrons. The molecule has 3 aliphatic carbocycles. The number of nitrogens with one attached hydrogen (secondary N) is 2. The van der Waals surface area contributed by atoms with Crippen LogP contribution >= 0.6 is 0 Å². The number of hydrogen-bond donors (Lipinski definition) is 7. The molecular weight excluding hydrogens is 558 g/mol. The standard InChI is InChI=1S/C30H33N5O8/c1-34(2)18-12-17(33-29(42)32-14-8-6-5-7-9-14)23(36)20-15(18)10-13-11-16-22(35(3)4)25(38)21(28(31)41)27(40)30(16,43)26(39)19(13)24(20)37/h5-9,12-13,16,22,36-37,40,43H,10-11H2,1-4H3,(H2,31,41)(H2,32,33,42)/t13-,16-,22-,30-/m0/s1. The van der Waals surface area contributed by atoms with E-state index in [1.165, 1.54) is 19.0 Å². The Hall–Kier alpha value is -4.88. The van der Waals surface area contributed by atoms with Crippen LogP contribution in [-0.2, 0) is 20.8 Å². The lowest BCUT2D eigenvalue weighted by atomic mass is 9.57. The van der Waals surface area contributed by atoms with Crippen molar-refractivity contribution >= 4 is 46.3 Å². The number of phenols is 1. The van der Waals surface area contributed by atoms with Gasteiger partial charge in [0, 0.05) is 37.0 Å². The number of phenolic OH excluding ortho intramolecular Hbond substituents is 1. The number of primary amides is 1. The molecule has 0 heterocycles. The van der Waals surface area contributed by atoms with Crippen LogP contribution in [0.15, 0.2) is 53.3 Å². The topological polar surface area (TPSA) is 206 Å². The van der Waals surface area contributed by atoms with Crippen molar-refractivity contribution in [1.29, 1.82) is 0 Å². The second-order valence-electron chi connectivity index (χ2n) is 11.4. The lowest BCUT2D eigenvalue weighted by Crippen LogP contribution is -2.65. The smallest absolute Gasteiger partial charge is 0.323 e. The molecule has 3 amide bonds. The third-order valence-electron chi connectivity index (χ3n) is 8.46. The molecule has 4 atom stereocenters. The third-order valence-corrected chi connectivity index (χ3v) is 8.46. The number of ketones is 2. The summed E-state index contributed by atoms with van der Waals surface area (Å²) in [6, 6.07) is 8.30. The van der Waals surface area contributed by atoms with Gasteiger partial charge in [0.2, 0.25) is 5.78 Å². The molecular formula is C30H33N5O8. The van der Waals surface area contributed by atoms with Gasteiger partial charge in [-0.3, -0.25) is 19.3 Å². The van der Waals surface area contributed by atoms with Crippen molar-refractivity contribution < 1.29 is 39.6 Å². The molecule has 226 valence electrons. The lowest BCUT2D eigenvalue weighted by molar-refractivity contribution is -0.153. The van der Waals surface area contributed by atoms with Gasteiger partial charge < -0.3 is 41.7 Å². The molecule has 8 N–H and O–H groups in total. The van der Waals surface area contributed by atoms with E-state index in [1.807, 2.05) is 0 Å². The number of nitrogens with zero attached hydrogens (tertiary/aromatic N) is 2. The average Bonchev–Trinajstić information content (AvgIpc) is 2.92. The molecule has 0 bridgehead atoms. The summed E-state index contributed by atoms with van der Waals surface area (Å²) in [5.41, 5.74) is 2.79. The van der Waals surface area contributed by atoms with E-state index in [-0.39, 0.29) is 29.7 Å². The van der Waals surface area contributed by atoms with Crippen LogP contribution < -0.4 is 21.3 Å². The molecule has 0 spiro atoms. The van der Waals surface area contributed by atoms with Crippen molar-refractivity contribution in [2.45, 2.75) is 24.5 Å². The van der Waals surface area contributed by atoms with Crippen LogP contribution in [0, 0.1) is 11.8 Å². The van der Waals surface area contributed by atoms with Gasteiger partial charge in [0.1, 0.15) is 17.1 Å². The van der Waals surface area contributed by atoms with Gasteiger partial charge in [-0.15, -0.1) is 0 Å². The highest BCUT2D eigenvalue weighted by Gasteiger charge is 2.64. The Bertz CT molecular complexity index is 1630. The van der Waals surface area contributed by atoms with Crippen molar-refractivity contribution in [2.24, 2.45) is 17.6 Å². The molecule has 13 nitrogen and oxygen atoms in total. The first kappa shape index (κ1) is 29.6. The number of aliphatic hydroxyl groups excluding tert-OH is 2. The number of benzene rings is 2. The van der Waals surface area contributed by atoms with Crippen molar-refractivity contribution in [3.63, 3.8) is 0 Å². The minimum atomic E-state index is -2.74. The van der Waals surface area contributed by atoms with Gasteiger partial charge in [-0.25, -0.2) is 4.79 Å². The first-order valence-electron chi connectivity index (χ1n) is 13.5. The fraction of sp³-hybridized carbons (Fsp3) is 0.333. The van der Waals surface area contributed by atoms with Gasteiger partial charge in [-0.05, 0) is 56.6 Å². The summed E-state index contributed by atoms with van der Waals surface area (Å²) in [6.45, 7) is 0. The number of hydrogen-bond acceptors (Lipinski definition) is 10. The summed E-state index contributed by atoms with van der Waals surface area (Å²) in [5.74, 6) is -7.45. The molecule has 0 aliphatic heterocycles. The average molecular weight is 592 g/mol. The number of carbonyl (C=O) groups excluding carboxylic acids is 4. The number of nitrogens with two attached hydrogens (primary N) is 1. The Morgan fingerprint density at radius 1 is 1.02 bits per heavy atom. The van der Waals surface area contributed by atoms with Crippen LogP contribution in [0.2, 0.25) is 0 Å². The maximum Gasteiger partial charge on any atom is 0.323 e. The summed E-state index contributed by atoms with van der Waals surface area (Å²) in [5, 5.41) is 50.9. The van der Waals surface area contributed by atoms with Crippen LogP contribution in [0.3, 0.4) is 0 Å². The van der Waals surface area contributed by atoms with Crippen LogP contribution in [0.5, 0.6) is 5.75 Å². The fourth-order valence-corrected chi connectivity index (χ4v) is 6.59. The summed E-state index contributed by atoms with van der Waals surface area (Å²) in [6.07, 6.45) is 0.0883. The Kier molecular flexibility index (Phi) is 7.19. The molecule has 13 heteroatoms. The highest BCUT2D eigenvalue weighted by molar-refractivity contribution is 6.24. The van der Waals surface area contributed by atoms with E-state index >= 15 is 0 Å². The summed E-state index contributed by atoms with van der Waals surface area (Å²) >= 11 is 0. The first-order valence-corrected chi connectivity index (χ1v) is 13.5. The Labute approximate surface area is 246 Å². The first-order chi connectivity index (χ1) is 20.2. The number of para-hydroxylation sites is 1. The monoisotopic (exact) mass is 591 g/mol. The minimum absolute atomic E-state index is 0.0289. The number of likely N-dealkylation sites (N-methyl/N-ethyl adjacent to an activating group) is 1. The number of amides is 3. The van der Waals surface area contributed by atoms with Gasteiger partial charge in [-0.1, -0.05) is 18.2 Å². The van der Waals surface area contributed by atoms with Crippen LogP contribution in [0.4, 0.5) is 21.9 Å². The summed E-state index contributed by atoms with van der Waals surface area (Å²) < 4.78 is 0. The largest absolute Gasteiger partial charge is 0.508 e. The minimum Gasteiger partial charge on any atom is -0.508 e. The Balaban J connectivity index is 1.65. The highest BCUT2D eigenvalue weighted by atomic mass is 16.3. The van der Waals surface area contributed by atoms with Crippen molar-refractivity contribution in [1.82, 2.24) is 4.90 Å². The van der Waals surface area contributed by atoms with E-state index in [1.54, 1.807) is 55.4 Å². The zero-order chi connectivity index (χ0) is 31.5. The predicted molar refractivity (Wildman–Crippen MR) is 158 cm³/mol. The van der Waals surface area contributed by atoms with E-state index in [0.717, 1.165) is 0 Å². The molecule has 0 saturated heterocycles. The van der Waals surface area contributed by atoms with Crippen molar-refractivity contribution in [3.05, 3.63) is 64.4 Å². The van der Waals surface area contributed by atoms with Gasteiger partial charge in [0.25, 0.3) is 5.91 Å². The second kappa shape index (κ2) is 10.4. The van der Waals surface area contributed by atoms with E-state index in [4.69, 9.17) is 5.73 Å². The number of anilines is 3. The number of aromatic hydroxyl groups is 1. The van der Waals surface area contributed by atoms with Crippen LogP contribution in [0.25, 0.3) is 5.76 Å². The number of aliphatic hydroxyl groups is 3. The normalized spacial score (nSPS) is 24.7. The SMILES string of the molecule is CN(C)c1cc(NC(=O)Nc2ccccc2)c(O)c2c1C[C@H]1C[C@H]3[C@H](N(C)C)C(=O)C(C(N)=O)=C(O)[C@@]3(O)C(=O)C1=C2O. The number of fused-ring (bicyclic) bond motifs is 3. The zero-order valence-electron chi connectivity index (χ0n) is 24.0. The molecule has 0 unspecified atom stereocenters. The predicted octanol–water partition coefficient (Wildman–Crippen LogP) is 1.67. The number of urea groups is 1. The van der Waals surface area contributed by atoms with Gasteiger partial charge in [0.05, 0.1) is 17.3 Å². The summed E-state index contributed by atoms with van der Waals surface area (Å²) in [4.78, 5) is 55.4. The van der Waals surface area contributed by atoms with E-state index in [9.17, 15) is 39.6 Å². The molecule has 5 rings (SSSR count). The fourth-order valence-electron chi connectivity index (χ4n) is 6.59. The Morgan fingerprint density at radius 3 is 2.26 bits per heavy atom. The van der Waals surface area contributed by atoms with Gasteiger partial charge in [-0.2, -0.15) is 0 Å². The van der Waals surface area contributed by atoms with Crippen molar-refractivity contribution in [3.8, 4) is 5.75 Å². The van der Waals surface area contributed by atoms with Gasteiger partial charge in [0.15, 0.2) is 17.1 Å². The van der Waals surface area contributed by atoms with E-state index in [2.05, 4.69) is 10.6 Å². The Morgan fingerprint density at radius 2 is 1.67 bits per heavy atom. The molecule has 2 aromatic carbocycles. The number of Topliss-reactive ketones (excluding diaryl/α,β-unsaturated/α-hetero) is 2. The molecule has 1 fully saturated rings. The molecule has 0 aromatic heterocycles. The maximum absolute atomic E-state index is 14.1. The quantitative estimate of drug-likeness (QED) is 0.198. The zero-order valence-corrected chi connectivity index (χ0v) is 24.0. The lowest BCUT2D eigenvalue weighted by Gasteiger charge is -2.50. The highest BCUT2D eigenvalue weighted by Crippen LogP contribution is 2.54. The van der Waals surface area contributed by atoms with Gasteiger partial charge >= 0.3 is 6.03 Å². The second-order valence-corrected chi connectivity index (χ2v) is 11.4. The molecule has 2 aromatic rings. The molecule has 3 aliphatic rings. The van der Waals surface area contributed by atoms with E-state index < -0.39 is 69.8 Å². The molecule has 43 heavy (non-hydrogen) atoms. The third kappa shape index (κ3) is 4.48. The van der Waals surface area contributed by atoms with Crippen molar-refractivity contribution in [2.75, 3.05) is 43.7 Å².